The molecule has 1 aromatic rings. The first kappa shape index (κ1) is 16.2. The third kappa shape index (κ3) is 5.33. The Morgan fingerprint density at radius 2 is 1.89 bits per heavy atom. The Hall–Kier alpha value is -0.860. The van der Waals surface area contributed by atoms with E-state index in [0.29, 0.717) is 6.04 Å². The van der Waals surface area contributed by atoms with Crippen molar-refractivity contribution in [3.8, 4) is 0 Å². The third-order valence-electron chi connectivity index (χ3n) is 3.90. The fraction of sp³-hybridized carbons (Fsp3) is 0.647. The highest BCUT2D eigenvalue weighted by atomic mass is 16.5. The predicted octanol–water partition coefficient (Wildman–Crippen LogP) is 4.02. The van der Waals surface area contributed by atoms with Gasteiger partial charge in [-0.2, -0.15) is 0 Å². The molecule has 0 aliphatic carbocycles. The molecule has 1 unspecified atom stereocenters. The molecule has 2 nitrogen and oxygen atoms in total. The lowest BCUT2D eigenvalue weighted by molar-refractivity contribution is 0.149. The van der Waals surface area contributed by atoms with Crippen molar-refractivity contribution in [1.29, 1.82) is 0 Å². The van der Waals surface area contributed by atoms with Gasteiger partial charge in [-0.25, -0.2) is 0 Å². The lowest BCUT2D eigenvalue weighted by Gasteiger charge is -2.27. The van der Waals surface area contributed by atoms with Crippen molar-refractivity contribution in [2.45, 2.75) is 47.1 Å². The quantitative estimate of drug-likeness (QED) is 0.802. The maximum atomic E-state index is 5.17. The van der Waals surface area contributed by atoms with Crippen LogP contribution in [0.3, 0.4) is 0 Å². The molecule has 0 aliphatic rings. The Morgan fingerprint density at radius 3 is 2.47 bits per heavy atom. The predicted molar refractivity (Wildman–Crippen MR) is 82.6 cm³/mol. The van der Waals surface area contributed by atoms with E-state index in [1.807, 2.05) is 0 Å². The molecular weight excluding hydrogens is 234 g/mol. The molecular formula is C17H29NO. The lowest BCUT2D eigenvalue weighted by atomic mass is 9.89. The summed E-state index contributed by atoms with van der Waals surface area (Å²) in [5, 5.41) is 3.64. The molecule has 0 saturated carbocycles. The zero-order valence-corrected chi connectivity index (χ0v) is 13.3. The summed E-state index contributed by atoms with van der Waals surface area (Å²) in [5.41, 5.74) is 4.36. The Balaban J connectivity index is 2.54. The zero-order valence-electron chi connectivity index (χ0n) is 13.3. The van der Waals surface area contributed by atoms with Crippen LogP contribution in [-0.2, 0) is 4.74 Å². The van der Waals surface area contributed by atoms with Gasteiger partial charge in [0.1, 0.15) is 0 Å². The minimum absolute atomic E-state index is 0.268. The number of ether oxygens (including phenoxy) is 1. The number of methoxy groups -OCH3 is 1. The van der Waals surface area contributed by atoms with E-state index in [1.54, 1.807) is 7.11 Å². The van der Waals surface area contributed by atoms with Crippen molar-refractivity contribution >= 4 is 0 Å². The fourth-order valence-corrected chi connectivity index (χ4v) is 2.05. The van der Waals surface area contributed by atoms with Gasteiger partial charge in [-0.05, 0) is 49.3 Å². The van der Waals surface area contributed by atoms with Crippen LogP contribution < -0.4 is 5.32 Å². The zero-order chi connectivity index (χ0) is 14.5. The normalized spacial score (nSPS) is 13.6. The van der Waals surface area contributed by atoms with Crippen LogP contribution in [0.4, 0.5) is 0 Å². The van der Waals surface area contributed by atoms with E-state index in [4.69, 9.17) is 4.74 Å². The van der Waals surface area contributed by atoms with E-state index < -0.39 is 0 Å². The van der Waals surface area contributed by atoms with Crippen LogP contribution in [0.1, 0.15) is 49.9 Å². The Kier molecular flexibility index (Phi) is 6.02. The topological polar surface area (TPSA) is 21.3 Å². The maximum Gasteiger partial charge on any atom is 0.0467 e. The minimum atomic E-state index is 0.268. The van der Waals surface area contributed by atoms with Crippen molar-refractivity contribution in [3.63, 3.8) is 0 Å². The number of benzene rings is 1. The lowest BCUT2D eigenvalue weighted by Crippen LogP contribution is -2.32. The molecule has 0 aliphatic heterocycles. The van der Waals surface area contributed by atoms with E-state index in [-0.39, 0.29) is 5.41 Å². The number of aryl methyl sites for hydroxylation is 2. The second-order valence-electron chi connectivity index (χ2n) is 6.35. The van der Waals surface area contributed by atoms with Gasteiger partial charge in [0, 0.05) is 26.3 Å². The van der Waals surface area contributed by atoms with Gasteiger partial charge in [-0.15, -0.1) is 0 Å². The first-order valence-electron chi connectivity index (χ1n) is 7.15. The molecule has 0 saturated heterocycles. The highest BCUT2D eigenvalue weighted by Crippen LogP contribution is 2.22. The molecule has 0 heterocycles. The van der Waals surface area contributed by atoms with Crippen LogP contribution >= 0.6 is 0 Å². The monoisotopic (exact) mass is 263 g/mol. The maximum absolute atomic E-state index is 5.17. The average Bonchev–Trinajstić information content (AvgIpc) is 2.37. The van der Waals surface area contributed by atoms with Gasteiger partial charge in [0.25, 0.3) is 0 Å². The van der Waals surface area contributed by atoms with E-state index in [1.165, 1.54) is 16.7 Å². The standard InChI is InChI=1S/C17H29NO/c1-13-7-8-16(11-14(13)2)15(3)18-12-17(4,5)9-10-19-6/h7-8,11,15,18H,9-10,12H2,1-6H3. The number of hydrogen-bond donors (Lipinski definition) is 1. The molecule has 0 radical (unpaired) electrons. The van der Waals surface area contributed by atoms with Crippen LogP contribution in [0.25, 0.3) is 0 Å². The summed E-state index contributed by atoms with van der Waals surface area (Å²) in [4.78, 5) is 0. The van der Waals surface area contributed by atoms with Crippen LogP contribution in [0, 0.1) is 19.3 Å². The molecule has 1 rings (SSSR count). The highest BCUT2D eigenvalue weighted by Gasteiger charge is 2.18. The van der Waals surface area contributed by atoms with Gasteiger partial charge in [0.05, 0.1) is 0 Å². The summed E-state index contributed by atoms with van der Waals surface area (Å²) in [6.07, 6.45) is 1.08. The Labute approximate surface area is 118 Å². The largest absolute Gasteiger partial charge is 0.385 e. The molecule has 0 aromatic heterocycles. The van der Waals surface area contributed by atoms with Gasteiger partial charge in [-0.3, -0.25) is 0 Å². The van der Waals surface area contributed by atoms with Crippen molar-refractivity contribution in [2.24, 2.45) is 5.41 Å². The first-order chi connectivity index (χ1) is 8.85. The van der Waals surface area contributed by atoms with Gasteiger partial charge in [0.2, 0.25) is 0 Å². The minimum Gasteiger partial charge on any atom is -0.385 e. The molecule has 0 bridgehead atoms. The first-order valence-corrected chi connectivity index (χ1v) is 7.15. The molecule has 0 amide bonds. The molecule has 0 fully saturated rings. The van der Waals surface area contributed by atoms with Crippen LogP contribution in [-0.4, -0.2) is 20.3 Å². The van der Waals surface area contributed by atoms with E-state index in [0.717, 1.165) is 19.6 Å². The summed E-state index contributed by atoms with van der Waals surface area (Å²) in [5.74, 6) is 0. The van der Waals surface area contributed by atoms with Crippen molar-refractivity contribution < 1.29 is 4.74 Å². The fourth-order valence-electron chi connectivity index (χ4n) is 2.05. The number of nitrogens with one attached hydrogen (secondary N) is 1. The second kappa shape index (κ2) is 7.06. The van der Waals surface area contributed by atoms with Crippen LogP contribution in [0.15, 0.2) is 18.2 Å². The van der Waals surface area contributed by atoms with Crippen molar-refractivity contribution in [2.75, 3.05) is 20.3 Å². The summed E-state index contributed by atoms with van der Waals surface area (Å²) in [6.45, 7) is 13.0. The SMILES string of the molecule is COCCC(C)(C)CNC(C)c1ccc(C)c(C)c1. The molecule has 0 spiro atoms. The third-order valence-corrected chi connectivity index (χ3v) is 3.90. The highest BCUT2D eigenvalue weighted by molar-refractivity contribution is 5.31. The summed E-state index contributed by atoms with van der Waals surface area (Å²) >= 11 is 0. The van der Waals surface area contributed by atoms with Gasteiger partial charge < -0.3 is 10.1 Å². The van der Waals surface area contributed by atoms with Crippen LogP contribution in [0.2, 0.25) is 0 Å². The van der Waals surface area contributed by atoms with Crippen LogP contribution in [0.5, 0.6) is 0 Å². The average molecular weight is 263 g/mol. The molecule has 1 N–H and O–H groups in total. The molecule has 1 aromatic carbocycles. The Bertz CT molecular complexity index is 398. The molecule has 19 heavy (non-hydrogen) atoms. The number of rotatable bonds is 7. The molecule has 1 atom stereocenters. The smallest absolute Gasteiger partial charge is 0.0467 e. The Morgan fingerprint density at radius 1 is 1.21 bits per heavy atom. The number of hydrogen-bond acceptors (Lipinski definition) is 2. The molecule has 2 heteroatoms. The van der Waals surface area contributed by atoms with Gasteiger partial charge >= 0.3 is 0 Å². The van der Waals surface area contributed by atoms with E-state index in [2.05, 4.69) is 58.1 Å². The molecule has 108 valence electrons. The van der Waals surface area contributed by atoms with Crippen molar-refractivity contribution in [3.05, 3.63) is 34.9 Å². The summed E-state index contributed by atoms with van der Waals surface area (Å²) < 4.78 is 5.17. The van der Waals surface area contributed by atoms with E-state index >= 15 is 0 Å². The second-order valence-corrected chi connectivity index (χ2v) is 6.35. The van der Waals surface area contributed by atoms with Gasteiger partial charge in [0.15, 0.2) is 0 Å². The van der Waals surface area contributed by atoms with E-state index in [9.17, 15) is 0 Å². The summed E-state index contributed by atoms with van der Waals surface area (Å²) in [7, 11) is 1.77. The van der Waals surface area contributed by atoms with Crippen molar-refractivity contribution in [1.82, 2.24) is 5.32 Å². The van der Waals surface area contributed by atoms with Gasteiger partial charge in [-0.1, -0.05) is 32.0 Å². The summed E-state index contributed by atoms with van der Waals surface area (Å²) in [6, 6.07) is 7.11.